The van der Waals surface area contributed by atoms with Crippen molar-refractivity contribution < 1.29 is 22.6 Å². The van der Waals surface area contributed by atoms with Gasteiger partial charge in [0.2, 0.25) is 5.95 Å². The zero-order chi connectivity index (χ0) is 21.7. The first-order chi connectivity index (χ1) is 14.3. The summed E-state index contributed by atoms with van der Waals surface area (Å²) in [6.45, 7) is 3.67. The summed E-state index contributed by atoms with van der Waals surface area (Å²) in [7, 11) is 1.54. The van der Waals surface area contributed by atoms with Crippen molar-refractivity contribution in [3.63, 3.8) is 0 Å². The van der Waals surface area contributed by atoms with E-state index in [4.69, 9.17) is 9.47 Å². The minimum atomic E-state index is -4.63. The number of ether oxygens (including phenoxy) is 2. The molecule has 0 aliphatic carbocycles. The molecule has 0 aliphatic rings. The number of rotatable bonds is 7. The van der Waals surface area contributed by atoms with Crippen molar-refractivity contribution in [1.29, 1.82) is 0 Å². The Labute approximate surface area is 172 Å². The van der Waals surface area contributed by atoms with Gasteiger partial charge in [-0.3, -0.25) is 0 Å². The van der Waals surface area contributed by atoms with Gasteiger partial charge in [-0.15, -0.1) is 0 Å². The van der Waals surface area contributed by atoms with Crippen molar-refractivity contribution in [3.05, 3.63) is 60.3 Å². The molecule has 0 aliphatic heterocycles. The van der Waals surface area contributed by atoms with Crippen LogP contribution in [0.4, 0.5) is 36.3 Å². The highest BCUT2D eigenvalue weighted by atomic mass is 19.4. The number of halogens is 3. The second-order valence-electron chi connectivity index (χ2n) is 6.59. The number of methoxy groups -OCH3 is 1. The summed E-state index contributed by atoms with van der Waals surface area (Å²) in [5.41, 5.74) is -0.0158. The number of anilines is 4. The molecule has 9 heteroatoms. The third kappa shape index (κ3) is 5.31. The first kappa shape index (κ1) is 21.2. The van der Waals surface area contributed by atoms with Crippen LogP contribution in [-0.2, 0) is 6.18 Å². The molecule has 6 nitrogen and oxygen atoms in total. The van der Waals surface area contributed by atoms with Crippen LogP contribution in [0.15, 0.2) is 54.7 Å². The average molecular weight is 418 g/mol. The maximum absolute atomic E-state index is 13.5. The third-order valence-corrected chi connectivity index (χ3v) is 3.94. The largest absolute Gasteiger partial charge is 0.497 e. The van der Waals surface area contributed by atoms with E-state index < -0.39 is 11.7 Å². The zero-order valence-corrected chi connectivity index (χ0v) is 16.6. The second-order valence-corrected chi connectivity index (χ2v) is 6.59. The molecule has 0 bridgehead atoms. The van der Waals surface area contributed by atoms with Gasteiger partial charge in [0.25, 0.3) is 0 Å². The predicted molar refractivity (Wildman–Crippen MR) is 109 cm³/mol. The molecule has 0 saturated heterocycles. The topological polar surface area (TPSA) is 68.3 Å². The van der Waals surface area contributed by atoms with Gasteiger partial charge in [0, 0.05) is 11.9 Å². The van der Waals surface area contributed by atoms with Gasteiger partial charge >= 0.3 is 6.18 Å². The fourth-order valence-corrected chi connectivity index (χ4v) is 2.60. The Morgan fingerprint density at radius 3 is 2.30 bits per heavy atom. The number of hydrogen-bond donors (Lipinski definition) is 2. The summed E-state index contributed by atoms with van der Waals surface area (Å²) in [5, 5.41) is 5.63. The van der Waals surface area contributed by atoms with E-state index in [0.717, 1.165) is 6.20 Å². The molecule has 0 fully saturated rings. The Hall–Kier alpha value is -3.49. The summed E-state index contributed by atoms with van der Waals surface area (Å²) in [6, 6.07) is 13.6. The highest BCUT2D eigenvalue weighted by molar-refractivity contribution is 5.67. The SMILES string of the molecule is COc1ccc(Nc2ncc(C(F)(F)F)c(Nc3ccccc3OC(C)C)n2)cc1. The minimum Gasteiger partial charge on any atom is -0.497 e. The lowest BCUT2D eigenvalue weighted by Crippen LogP contribution is -2.13. The van der Waals surface area contributed by atoms with E-state index in [2.05, 4.69) is 20.6 Å². The molecule has 3 rings (SSSR count). The summed E-state index contributed by atoms with van der Waals surface area (Å²) in [5.74, 6) is 0.702. The lowest BCUT2D eigenvalue weighted by Gasteiger charge is -2.18. The highest BCUT2D eigenvalue weighted by Crippen LogP contribution is 2.37. The first-order valence-corrected chi connectivity index (χ1v) is 9.14. The first-order valence-electron chi connectivity index (χ1n) is 9.14. The molecular weight excluding hydrogens is 397 g/mol. The van der Waals surface area contributed by atoms with E-state index in [1.54, 1.807) is 55.6 Å². The number of benzene rings is 2. The molecule has 30 heavy (non-hydrogen) atoms. The van der Waals surface area contributed by atoms with Gasteiger partial charge in [-0.1, -0.05) is 12.1 Å². The summed E-state index contributed by atoms with van der Waals surface area (Å²) >= 11 is 0. The average Bonchev–Trinajstić information content (AvgIpc) is 2.69. The molecule has 0 spiro atoms. The maximum Gasteiger partial charge on any atom is 0.421 e. The van der Waals surface area contributed by atoms with Crippen molar-refractivity contribution in [1.82, 2.24) is 9.97 Å². The van der Waals surface area contributed by atoms with E-state index in [9.17, 15) is 13.2 Å². The molecule has 2 aromatic carbocycles. The van der Waals surface area contributed by atoms with Crippen LogP contribution in [0.5, 0.6) is 11.5 Å². The van der Waals surface area contributed by atoms with E-state index in [0.29, 0.717) is 22.9 Å². The van der Waals surface area contributed by atoms with Crippen molar-refractivity contribution >= 4 is 23.1 Å². The third-order valence-electron chi connectivity index (χ3n) is 3.94. The smallest absolute Gasteiger partial charge is 0.421 e. The van der Waals surface area contributed by atoms with E-state index in [1.807, 2.05) is 13.8 Å². The van der Waals surface area contributed by atoms with Crippen LogP contribution in [-0.4, -0.2) is 23.2 Å². The van der Waals surface area contributed by atoms with Crippen molar-refractivity contribution in [2.45, 2.75) is 26.1 Å². The number of nitrogens with one attached hydrogen (secondary N) is 2. The zero-order valence-electron chi connectivity index (χ0n) is 16.6. The molecule has 158 valence electrons. The minimum absolute atomic E-state index is 0.0120. The lowest BCUT2D eigenvalue weighted by atomic mass is 10.2. The standard InChI is InChI=1S/C21H21F3N4O2/c1-13(2)30-18-7-5-4-6-17(18)27-19-16(21(22,23)24)12-25-20(28-19)26-14-8-10-15(29-3)11-9-14/h4-13H,1-3H3,(H2,25,26,27,28). The maximum atomic E-state index is 13.5. The van der Waals surface area contributed by atoms with Crippen LogP contribution in [0.2, 0.25) is 0 Å². The molecule has 0 saturated carbocycles. The lowest BCUT2D eigenvalue weighted by molar-refractivity contribution is -0.137. The molecule has 3 aromatic rings. The van der Waals surface area contributed by atoms with Gasteiger partial charge < -0.3 is 20.1 Å². The van der Waals surface area contributed by atoms with Crippen LogP contribution < -0.4 is 20.1 Å². The Morgan fingerprint density at radius 2 is 1.67 bits per heavy atom. The molecular formula is C21H21F3N4O2. The van der Waals surface area contributed by atoms with Crippen LogP contribution in [0.3, 0.4) is 0 Å². The molecule has 0 amide bonds. The number of hydrogen-bond acceptors (Lipinski definition) is 6. The van der Waals surface area contributed by atoms with E-state index in [-0.39, 0.29) is 17.9 Å². The van der Waals surface area contributed by atoms with Gasteiger partial charge in [-0.25, -0.2) is 4.98 Å². The van der Waals surface area contributed by atoms with E-state index in [1.165, 1.54) is 0 Å². The van der Waals surface area contributed by atoms with Crippen LogP contribution in [0.25, 0.3) is 0 Å². The van der Waals surface area contributed by atoms with Gasteiger partial charge in [-0.2, -0.15) is 18.2 Å². The molecule has 0 radical (unpaired) electrons. The van der Waals surface area contributed by atoms with Crippen molar-refractivity contribution in [2.24, 2.45) is 0 Å². The van der Waals surface area contributed by atoms with E-state index >= 15 is 0 Å². The molecule has 2 N–H and O–H groups in total. The fourth-order valence-electron chi connectivity index (χ4n) is 2.60. The van der Waals surface area contributed by atoms with Crippen LogP contribution >= 0.6 is 0 Å². The van der Waals surface area contributed by atoms with Crippen molar-refractivity contribution in [3.8, 4) is 11.5 Å². The van der Waals surface area contributed by atoms with Crippen molar-refractivity contribution in [2.75, 3.05) is 17.7 Å². The number of nitrogens with zero attached hydrogens (tertiary/aromatic N) is 2. The number of para-hydroxylation sites is 2. The normalized spacial score (nSPS) is 11.3. The summed E-state index contributed by atoms with van der Waals surface area (Å²) in [4.78, 5) is 7.86. The van der Waals surface area contributed by atoms with Gasteiger partial charge in [0.1, 0.15) is 22.9 Å². The van der Waals surface area contributed by atoms with Gasteiger partial charge in [-0.05, 0) is 50.2 Å². The Kier molecular flexibility index (Phi) is 6.29. The molecule has 1 heterocycles. The van der Waals surface area contributed by atoms with Crippen LogP contribution in [0, 0.1) is 0 Å². The molecule has 0 atom stereocenters. The molecule has 0 unspecified atom stereocenters. The Bertz CT molecular complexity index is 992. The quantitative estimate of drug-likeness (QED) is 0.507. The van der Waals surface area contributed by atoms with Gasteiger partial charge in [0.05, 0.1) is 18.9 Å². The van der Waals surface area contributed by atoms with Gasteiger partial charge in [0.15, 0.2) is 0 Å². The second kappa shape index (κ2) is 8.89. The number of aromatic nitrogens is 2. The summed E-state index contributed by atoms with van der Waals surface area (Å²) < 4.78 is 51.3. The number of alkyl halides is 3. The highest BCUT2D eigenvalue weighted by Gasteiger charge is 2.35. The van der Waals surface area contributed by atoms with Crippen LogP contribution in [0.1, 0.15) is 19.4 Å². The monoisotopic (exact) mass is 418 g/mol. The summed E-state index contributed by atoms with van der Waals surface area (Å²) in [6.07, 6.45) is -4.03. The predicted octanol–water partition coefficient (Wildman–Crippen LogP) is 5.78. The Balaban J connectivity index is 1.94. The fraction of sp³-hybridized carbons (Fsp3) is 0.238. The molecule has 1 aromatic heterocycles. The Morgan fingerprint density at radius 1 is 0.967 bits per heavy atom.